The predicted molar refractivity (Wildman–Crippen MR) is 175 cm³/mol. The summed E-state index contributed by atoms with van der Waals surface area (Å²) in [4.78, 5) is 25.2. The number of carbonyl (C=O) groups is 1. The van der Waals surface area contributed by atoms with Crippen LogP contribution >= 0.6 is 11.6 Å². The molecule has 266 valence electrons. The van der Waals surface area contributed by atoms with Gasteiger partial charge in [-0.25, -0.2) is 41.9 Å². The summed E-state index contributed by atoms with van der Waals surface area (Å²) in [6.45, 7) is 3.80. The van der Waals surface area contributed by atoms with Crippen LogP contribution in [0.3, 0.4) is 0 Å². The van der Waals surface area contributed by atoms with Crippen molar-refractivity contribution in [2.75, 3.05) is 11.1 Å². The lowest BCUT2D eigenvalue weighted by molar-refractivity contribution is -0.192. The summed E-state index contributed by atoms with van der Waals surface area (Å²) in [7, 11) is -7.27. The zero-order chi connectivity index (χ0) is 37.4. The number of aromatic nitrogens is 8. The fourth-order valence-electron chi connectivity index (χ4n) is 3.39. The number of nitrogens with one attached hydrogen (secondary N) is 3. The first-order chi connectivity index (χ1) is 23.1. The van der Waals surface area contributed by atoms with Crippen molar-refractivity contribution in [3.8, 4) is 0 Å². The highest BCUT2D eigenvalue weighted by atomic mass is 35.5. The van der Waals surface area contributed by atoms with Crippen LogP contribution in [0, 0.1) is 13.8 Å². The molecule has 24 heteroatoms. The number of carboxylic acids is 1. The van der Waals surface area contributed by atoms with Crippen molar-refractivity contribution in [1.29, 1.82) is 0 Å². The van der Waals surface area contributed by atoms with Gasteiger partial charge < -0.3 is 16.2 Å². The second-order valence-electron chi connectivity index (χ2n) is 9.62. The lowest BCUT2D eigenvalue weighted by Gasteiger charge is -2.05. The minimum Gasteiger partial charge on any atom is -0.475 e. The van der Waals surface area contributed by atoms with Crippen LogP contribution in [0.5, 0.6) is 0 Å². The van der Waals surface area contributed by atoms with E-state index in [4.69, 9.17) is 37.5 Å². The predicted octanol–water partition coefficient (Wildman–Crippen LogP) is 2.92. The summed E-state index contributed by atoms with van der Waals surface area (Å²) >= 11 is 5.55. The number of hydrogen-bond donors (Lipinski definition) is 7. The topological polar surface area (TPSA) is 305 Å². The molecule has 0 bridgehead atoms. The van der Waals surface area contributed by atoms with Crippen LogP contribution in [0.25, 0.3) is 22.1 Å². The molecule has 0 radical (unpaired) electrons. The first-order valence-electron chi connectivity index (χ1n) is 13.2. The first-order valence-corrected chi connectivity index (χ1v) is 16.7. The molecule has 4 heterocycles. The van der Waals surface area contributed by atoms with Gasteiger partial charge in [-0.3, -0.25) is 10.2 Å². The van der Waals surface area contributed by atoms with Crippen molar-refractivity contribution in [2.45, 2.75) is 29.8 Å². The molecular formula is C26H26ClF3N12O6S2. The molecule has 0 saturated carbocycles. The van der Waals surface area contributed by atoms with Gasteiger partial charge in [-0.15, -0.1) is 0 Å². The van der Waals surface area contributed by atoms with Gasteiger partial charge in [0.1, 0.15) is 0 Å². The van der Waals surface area contributed by atoms with Gasteiger partial charge >= 0.3 is 12.1 Å². The molecule has 18 nitrogen and oxygen atoms in total. The maximum absolute atomic E-state index is 11.2. The number of H-pyrrole nitrogens is 2. The second kappa shape index (κ2) is 15.8. The van der Waals surface area contributed by atoms with Crippen LogP contribution in [0.15, 0.2) is 70.7 Å². The highest BCUT2D eigenvalue weighted by molar-refractivity contribution is 7.89. The number of benzene rings is 2. The van der Waals surface area contributed by atoms with Crippen LogP contribution in [0.1, 0.15) is 11.4 Å². The molecule has 0 aliphatic heterocycles. The van der Waals surface area contributed by atoms with E-state index in [0.717, 1.165) is 22.2 Å². The fraction of sp³-hybridized carbons (Fsp3) is 0.115. The van der Waals surface area contributed by atoms with Crippen molar-refractivity contribution >= 4 is 77.0 Å². The Bertz CT molecular complexity index is 2320. The Kier molecular flexibility index (Phi) is 12.3. The van der Waals surface area contributed by atoms with E-state index in [0.29, 0.717) is 28.6 Å². The summed E-state index contributed by atoms with van der Waals surface area (Å²) in [5.74, 6) is -2.38. The van der Waals surface area contributed by atoms with Crippen LogP contribution in [0.2, 0.25) is 5.28 Å². The molecule has 2 aromatic carbocycles. The van der Waals surface area contributed by atoms with E-state index in [1.165, 1.54) is 36.4 Å². The van der Waals surface area contributed by atoms with Crippen LogP contribution < -0.4 is 21.3 Å². The van der Waals surface area contributed by atoms with Gasteiger partial charge in [0.05, 0.1) is 20.6 Å². The number of nitrogen functional groups attached to an aromatic ring is 1. The summed E-state index contributed by atoms with van der Waals surface area (Å²) in [6, 6.07) is 11.7. The van der Waals surface area contributed by atoms with E-state index in [-0.39, 0.29) is 15.1 Å². The maximum atomic E-state index is 11.2. The van der Waals surface area contributed by atoms with E-state index < -0.39 is 32.2 Å². The number of nitrogens with zero attached hydrogens (tertiary/aromatic N) is 6. The zero-order valence-corrected chi connectivity index (χ0v) is 27.9. The SMILES string of the molecule is Cc1[nH]nc2nc(Cl)ncc12.Cc1[nH]nc2nc(Nc3ccc(S(N)(=O)=O)cc3)ncc12.Nc1ccc(S(N)(=O)=O)cc1.O=C(O)C(F)(F)F. The highest BCUT2D eigenvalue weighted by Crippen LogP contribution is 2.19. The Hall–Kier alpha value is -5.49. The van der Waals surface area contributed by atoms with Gasteiger partial charge in [0.2, 0.25) is 31.3 Å². The lowest BCUT2D eigenvalue weighted by atomic mass is 10.3. The number of carboxylic acid groups (broad SMARTS) is 1. The summed E-state index contributed by atoms with van der Waals surface area (Å²) < 4.78 is 75.4. The van der Waals surface area contributed by atoms with Crippen LogP contribution in [0.4, 0.5) is 30.5 Å². The number of primary sulfonamides is 2. The molecular weight excluding hydrogens is 733 g/mol. The average molecular weight is 759 g/mol. The largest absolute Gasteiger partial charge is 0.490 e. The third-order valence-corrected chi connectivity index (χ3v) is 7.91. The van der Waals surface area contributed by atoms with Gasteiger partial charge in [-0.1, -0.05) is 0 Å². The van der Waals surface area contributed by atoms with Crippen LogP contribution in [-0.4, -0.2) is 74.4 Å². The van der Waals surface area contributed by atoms with E-state index in [2.05, 4.69) is 45.6 Å². The Balaban J connectivity index is 0.000000198. The van der Waals surface area contributed by atoms with Gasteiger partial charge in [-0.2, -0.15) is 33.3 Å². The number of halogens is 4. The molecule has 0 spiro atoms. The third kappa shape index (κ3) is 11.3. The Morgan fingerprint density at radius 3 is 1.66 bits per heavy atom. The molecule has 4 aromatic heterocycles. The number of hydrogen-bond acceptors (Lipinski definition) is 13. The van der Waals surface area contributed by atoms with Crippen molar-refractivity contribution in [1.82, 2.24) is 40.3 Å². The van der Waals surface area contributed by atoms with Crippen molar-refractivity contribution < 1.29 is 39.9 Å². The lowest BCUT2D eigenvalue weighted by Crippen LogP contribution is -2.21. The summed E-state index contributed by atoms with van der Waals surface area (Å²) in [5, 5.41) is 35.6. The number of alkyl halides is 3. The fourth-order valence-corrected chi connectivity index (χ4v) is 4.55. The van der Waals surface area contributed by atoms with E-state index >= 15 is 0 Å². The van der Waals surface area contributed by atoms with Crippen LogP contribution in [-0.2, 0) is 24.8 Å². The number of rotatable bonds is 4. The smallest absolute Gasteiger partial charge is 0.475 e. The van der Waals surface area contributed by atoms with Crippen molar-refractivity contribution in [3.05, 3.63) is 77.6 Å². The van der Waals surface area contributed by atoms with Gasteiger partial charge in [0.25, 0.3) is 0 Å². The normalized spacial score (nSPS) is 11.4. The maximum Gasteiger partial charge on any atom is 0.490 e. The van der Waals surface area contributed by atoms with Gasteiger partial charge in [0.15, 0.2) is 11.3 Å². The molecule has 50 heavy (non-hydrogen) atoms. The monoisotopic (exact) mass is 758 g/mol. The Morgan fingerprint density at radius 1 is 0.800 bits per heavy atom. The van der Waals surface area contributed by atoms with E-state index in [1.54, 1.807) is 24.5 Å². The van der Waals surface area contributed by atoms with Gasteiger partial charge in [-0.05, 0) is 74.0 Å². The quantitative estimate of drug-likeness (QED) is 0.100. The van der Waals surface area contributed by atoms with Crippen molar-refractivity contribution in [2.24, 2.45) is 10.3 Å². The van der Waals surface area contributed by atoms with E-state index in [1.807, 2.05) is 13.8 Å². The molecule has 0 fully saturated rings. The summed E-state index contributed by atoms with van der Waals surface area (Å²) in [6.07, 6.45) is -1.76. The second-order valence-corrected chi connectivity index (χ2v) is 13.1. The number of sulfonamides is 2. The highest BCUT2D eigenvalue weighted by Gasteiger charge is 2.38. The summed E-state index contributed by atoms with van der Waals surface area (Å²) in [5.41, 5.74) is 9.52. The average Bonchev–Trinajstić information content (AvgIpc) is 3.58. The molecule has 0 aliphatic carbocycles. The number of fused-ring (bicyclic) bond motifs is 2. The molecule has 6 rings (SSSR count). The zero-order valence-electron chi connectivity index (χ0n) is 25.5. The molecule has 0 aliphatic rings. The standard InChI is InChI=1S/C12H12N6O2S.C6H5ClN4.C6H8N2O2S.C2HF3O2/c1-7-10-6-14-12(16-11(10)18-17-7)15-8-2-4-9(5-3-8)21(13,19)20;1-3-4-2-8-6(7)9-5(4)11-10-3;7-5-1-3-6(4-2-5)11(8,9)10;3-2(4,5)1(6)7/h2-6H,1H3,(H2,13,19,20)(H2,14,15,16,17,18);2H,1H3,(H,8,9,10,11);1-4H,7H2,(H2,8,9,10);(H,6,7). The first kappa shape index (κ1) is 39.0. The minimum absolute atomic E-state index is 0.0485. The molecule has 0 saturated heterocycles. The molecule has 0 amide bonds. The molecule has 0 atom stereocenters. The number of aromatic amines is 2. The Morgan fingerprint density at radius 2 is 1.22 bits per heavy atom. The third-order valence-electron chi connectivity index (χ3n) is 5.87. The Labute approximate surface area is 285 Å². The molecule has 6 aromatic rings. The minimum atomic E-state index is -5.08. The molecule has 10 N–H and O–H groups in total. The number of aliphatic carboxylic acids is 1. The number of aryl methyl sites for hydroxylation is 2. The van der Waals surface area contributed by atoms with E-state index in [9.17, 15) is 30.0 Å². The van der Waals surface area contributed by atoms with Crippen molar-refractivity contribution in [3.63, 3.8) is 0 Å². The number of nitrogens with two attached hydrogens (primary N) is 3. The number of anilines is 3. The molecule has 0 unspecified atom stereocenters. The van der Waals surface area contributed by atoms with Gasteiger partial charge in [0, 0.05) is 35.2 Å².